The molecule has 0 aliphatic heterocycles. The summed E-state index contributed by atoms with van der Waals surface area (Å²) in [5.41, 5.74) is 1.13. The van der Waals surface area contributed by atoms with E-state index in [1.807, 2.05) is 30.3 Å². The van der Waals surface area contributed by atoms with Gasteiger partial charge in [0.15, 0.2) is 3.23 Å². The first kappa shape index (κ1) is 9.76. The van der Waals surface area contributed by atoms with Crippen molar-refractivity contribution < 1.29 is 0 Å². The first-order chi connectivity index (χ1) is 5.64. The highest BCUT2D eigenvalue weighted by atomic mass is 79.9. The van der Waals surface area contributed by atoms with Gasteiger partial charge in [-0.25, -0.2) is 0 Å². The fourth-order valence-corrected chi connectivity index (χ4v) is 1.54. The van der Waals surface area contributed by atoms with Crippen molar-refractivity contribution in [1.82, 2.24) is 0 Å². The monoisotopic (exact) mass is 287 g/mol. The van der Waals surface area contributed by atoms with Gasteiger partial charge in [-0.3, -0.25) is 0 Å². The van der Waals surface area contributed by atoms with E-state index in [1.165, 1.54) is 0 Å². The fourth-order valence-electron chi connectivity index (χ4n) is 0.892. The van der Waals surface area contributed by atoms with Crippen LogP contribution in [0.15, 0.2) is 30.3 Å². The van der Waals surface area contributed by atoms with Crippen molar-refractivity contribution in [2.45, 2.75) is 9.65 Å². The average molecular weight is 289 g/mol. The van der Waals surface area contributed by atoms with E-state index in [9.17, 15) is 0 Å². The molecule has 0 aliphatic rings. The van der Waals surface area contributed by atoms with E-state index >= 15 is 0 Å². The van der Waals surface area contributed by atoms with Crippen molar-refractivity contribution in [3.8, 4) is 6.07 Å². The van der Waals surface area contributed by atoms with Crippen LogP contribution in [0, 0.1) is 11.3 Å². The summed E-state index contributed by atoms with van der Waals surface area (Å²) in [5.74, 6) is 0. The summed E-state index contributed by atoms with van der Waals surface area (Å²) in [5, 5.41) is 8.71. The molecule has 0 aromatic heterocycles. The lowest BCUT2D eigenvalue weighted by Gasteiger charge is -2.09. The molecular weight excluding hydrogens is 282 g/mol. The van der Waals surface area contributed by atoms with Crippen molar-refractivity contribution in [2.24, 2.45) is 0 Å². The van der Waals surface area contributed by atoms with E-state index in [0.29, 0.717) is 6.42 Å². The van der Waals surface area contributed by atoms with Crippen molar-refractivity contribution >= 4 is 31.9 Å². The highest BCUT2D eigenvalue weighted by Crippen LogP contribution is 2.29. The summed E-state index contributed by atoms with van der Waals surface area (Å²) in [7, 11) is 0. The number of hydrogen-bond acceptors (Lipinski definition) is 1. The molecule has 0 saturated heterocycles. The summed E-state index contributed by atoms with van der Waals surface area (Å²) in [6.07, 6.45) is 0.657. The van der Waals surface area contributed by atoms with Crippen LogP contribution in [0.3, 0.4) is 0 Å². The number of hydrogen-bond donors (Lipinski definition) is 0. The van der Waals surface area contributed by atoms with Crippen molar-refractivity contribution in [3.05, 3.63) is 35.9 Å². The third kappa shape index (κ3) is 2.96. The van der Waals surface area contributed by atoms with Crippen molar-refractivity contribution in [3.63, 3.8) is 0 Å². The van der Waals surface area contributed by atoms with Crippen LogP contribution in [0.4, 0.5) is 0 Å². The van der Waals surface area contributed by atoms with E-state index in [0.717, 1.165) is 5.56 Å². The van der Waals surface area contributed by atoms with Gasteiger partial charge in [0, 0.05) is 6.42 Å². The molecule has 3 heteroatoms. The Morgan fingerprint density at radius 3 is 2.33 bits per heavy atom. The highest BCUT2D eigenvalue weighted by Gasteiger charge is 2.21. The number of nitriles is 1. The average Bonchev–Trinajstić information content (AvgIpc) is 2.06. The number of halogens is 2. The van der Waals surface area contributed by atoms with Crippen LogP contribution in [-0.4, -0.2) is 3.23 Å². The zero-order chi connectivity index (χ0) is 9.03. The predicted octanol–water partition coefficient (Wildman–Crippen LogP) is 3.24. The van der Waals surface area contributed by atoms with Gasteiger partial charge in [-0.1, -0.05) is 62.2 Å². The number of benzene rings is 1. The minimum atomic E-state index is -0.624. The maximum absolute atomic E-state index is 8.71. The first-order valence-electron chi connectivity index (χ1n) is 3.47. The third-order valence-corrected chi connectivity index (χ3v) is 2.35. The van der Waals surface area contributed by atoms with E-state index < -0.39 is 3.23 Å². The van der Waals surface area contributed by atoms with Crippen molar-refractivity contribution in [2.75, 3.05) is 0 Å². The van der Waals surface area contributed by atoms with Crippen LogP contribution in [-0.2, 0) is 6.42 Å². The second kappa shape index (κ2) is 4.06. The zero-order valence-corrected chi connectivity index (χ0v) is 9.47. The molecule has 0 atom stereocenters. The van der Waals surface area contributed by atoms with Gasteiger partial charge in [-0.2, -0.15) is 5.26 Å². The standard InChI is InChI=1S/C9H7Br2N/c10-9(11,7-12)6-8-4-2-1-3-5-8/h1-5H,6H2. The maximum atomic E-state index is 8.71. The fraction of sp³-hybridized carbons (Fsp3) is 0.222. The molecule has 1 nitrogen and oxygen atoms in total. The summed E-state index contributed by atoms with van der Waals surface area (Å²) < 4.78 is -0.624. The third-order valence-electron chi connectivity index (χ3n) is 1.43. The zero-order valence-electron chi connectivity index (χ0n) is 6.30. The van der Waals surface area contributed by atoms with Crippen LogP contribution in [0.2, 0.25) is 0 Å². The molecule has 0 saturated carbocycles. The number of alkyl halides is 2. The van der Waals surface area contributed by atoms with Gasteiger partial charge in [0.2, 0.25) is 0 Å². The Labute approximate surface area is 88.7 Å². The number of rotatable bonds is 2. The van der Waals surface area contributed by atoms with Gasteiger partial charge in [0.25, 0.3) is 0 Å². The van der Waals surface area contributed by atoms with Crippen LogP contribution in [0.25, 0.3) is 0 Å². The minimum Gasteiger partial charge on any atom is -0.196 e. The van der Waals surface area contributed by atoms with Crippen LogP contribution >= 0.6 is 31.9 Å². The SMILES string of the molecule is N#CC(Br)(Br)Cc1ccccc1. The predicted molar refractivity (Wildman–Crippen MR) is 56.3 cm³/mol. The molecule has 0 bridgehead atoms. The molecule has 0 radical (unpaired) electrons. The quantitative estimate of drug-likeness (QED) is 0.767. The summed E-state index contributed by atoms with van der Waals surface area (Å²) >= 11 is 6.55. The molecule has 12 heavy (non-hydrogen) atoms. The minimum absolute atomic E-state index is 0.624. The number of nitrogens with zero attached hydrogens (tertiary/aromatic N) is 1. The van der Waals surface area contributed by atoms with Gasteiger partial charge in [-0.15, -0.1) is 0 Å². The van der Waals surface area contributed by atoms with Gasteiger partial charge >= 0.3 is 0 Å². The second-order valence-corrected chi connectivity index (χ2v) is 6.25. The Morgan fingerprint density at radius 1 is 1.25 bits per heavy atom. The Balaban J connectivity index is 2.72. The van der Waals surface area contributed by atoms with Gasteiger partial charge < -0.3 is 0 Å². The molecule has 1 aromatic carbocycles. The highest BCUT2D eigenvalue weighted by molar-refractivity contribution is 9.25. The van der Waals surface area contributed by atoms with E-state index in [4.69, 9.17) is 5.26 Å². The molecule has 0 aliphatic carbocycles. The van der Waals surface area contributed by atoms with E-state index in [1.54, 1.807) is 0 Å². The molecule has 1 rings (SSSR count). The molecule has 0 amide bonds. The Kier molecular flexibility index (Phi) is 3.30. The second-order valence-electron chi connectivity index (χ2n) is 2.48. The lowest BCUT2D eigenvalue weighted by atomic mass is 10.1. The van der Waals surface area contributed by atoms with Gasteiger partial charge in [-0.05, 0) is 5.56 Å². The van der Waals surface area contributed by atoms with Gasteiger partial charge in [0.05, 0.1) is 6.07 Å². The first-order valence-corrected chi connectivity index (χ1v) is 5.06. The lowest BCUT2D eigenvalue weighted by Crippen LogP contribution is -2.11. The summed E-state index contributed by atoms with van der Waals surface area (Å²) in [4.78, 5) is 0. The molecule has 0 unspecified atom stereocenters. The Hall–Kier alpha value is -0.330. The van der Waals surface area contributed by atoms with E-state index in [-0.39, 0.29) is 0 Å². The largest absolute Gasteiger partial charge is 0.196 e. The molecule has 62 valence electrons. The lowest BCUT2D eigenvalue weighted by molar-refractivity contribution is 1.00. The normalized spacial score (nSPS) is 10.8. The Bertz CT molecular complexity index is 287. The molecule has 1 aromatic rings. The molecule has 0 heterocycles. The van der Waals surface area contributed by atoms with Crippen LogP contribution in [0.5, 0.6) is 0 Å². The smallest absolute Gasteiger partial charge is 0.170 e. The topological polar surface area (TPSA) is 23.8 Å². The Morgan fingerprint density at radius 2 is 1.83 bits per heavy atom. The summed E-state index contributed by atoms with van der Waals surface area (Å²) in [6, 6.07) is 12.0. The molecule has 0 fully saturated rings. The van der Waals surface area contributed by atoms with Crippen LogP contribution < -0.4 is 0 Å². The molecular formula is C9H7Br2N. The van der Waals surface area contributed by atoms with Crippen molar-refractivity contribution in [1.29, 1.82) is 5.26 Å². The van der Waals surface area contributed by atoms with Crippen LogP contribution in [0.1, 0.15) is 5.56 Å². The molecule has 0 N–H and O–H groups in total. The molecule has 0 spiro atoms. The van der Waals surface area contributed by atoms with E-state index in [2.05, 4.69) is 37.9 Å². The maximum Gasteiger partial charge on any atom is 0.170 e. The van der Waals surface area contributed by atoms with Gasteiger partial charge in [0.1, 0.15) is 0 Å². The summed E-state index contributed by atoms with van der Waals surface area (Å²) in [6.45, 7) is 0.